The number of carbonyl (C=O) groups is 2. The van der Waals surface area contributed by atoms with E-state index in [9.17, 15) is 9.59 Å². The Morgan fingerprint density at radius 1 is 1.59 bits per heavy atom. The Balaban J connectivity index is 3.07. The molecule has 0 saturated heterocycles. The summed E-state index contributed by atoms with van der Waals surface area (Å²) < 4.78 is 5.37. The first-order valence-corrected chi connectivity index (χ1v) is 5.75. The molecule has 0 fully saturated rings. The number of benzene rings is 1. The molecular weight excluding hydrogens is 286 g/mol. The molecule has 0 atom stereocenters. The van der Waals surface area contributed by atoms with Gasteiger partial charge >= 0.3 is 5.97 Å². The van der Waals surface area contributed by atoms with Crippen LogP contribution in [-0.4, -0.2) is 18.9 Å². The van der Waals surface area contributed by atoms with Crippen LogP contribution in [0, 0.1) is 11.3 Å². The first-order chi connectivity index (χ1) is 8.12. The molecule has 0 aliphatic heterocycles. The first kappa shape index (κ1) is 13.4. The van der Waals surface area contributed by atoms with Gasteiger partial charge in [-0.25, -0.2) is 0 Å². The molecule has 0 radical (unpaired) electrons. The molecule has 1 aromatic rings. The number of esters is 1. The number of hydrogen-bond acceptors (Lipinski definition) is 4. The smallest absolute Gasteiger partial charge is 0.310 e. The van der Waals surface area contributed by atoms with E-state index in [4.69, 9.17) is 10.00 Å². The standard InChI is InChI=1S/C12H10BrNO3/c1-2-17-12(16)5-8-4-11(13)9(6-14)3-10(8)7-15/h3-4,7H,2,5H2,1H3. The van der Waals surface area contributed by atoms with Crippen LogP contribution in [0.1, 0.15) is 28.4 Å². The van der Waals surface area contributed by atoms with E-state index in [2.05, 4.69) is 15.9 Å². The van der Waals surface area contributed by atoms with Gasteiger partial charge in [0.1, 0.15) is 12.4 Å². The zero-order valence-electron chi connectivity index (χ0n) is 9.20. The van der Waals surface area contributed by atoms with Gasteiger partial charge in [0, 0.05) is 10.0 Å². The Morgan fingerprint density at radius 3 is 2.82 bits per heavy atom. The highest BCUT2D eigenvalue weighted by Crippen LogP contribution is 2.21. The lowest BCUT2D eigenvalue weighted by atomic mass is 10.0. The maximum atomic E-state index is 11.3. The van der Waals surface area contributed by atoms with E-state index in [1.807, 2.05) is 6.07 Å². The van der Waals surface area contributed by atoms with Crippen LogP contribution in [0.2, 0.25) is 0 Å². The summed E-state index contributed by atoms with van der Waals surface area (Å²) in [6.45, 7) is 2.01. The van der Waals surface area contributed by atoms with Gasteiger partial charge in [-0.1, -0.05) is 0 Å². The van der Waals surface area contributed by atoms with Crippen LogP contribution in [0.4, 0.5) is 0 Å². The molecule has 0 N–H and O–H groups in total. The Labute approximate surface area is 107 Å². The number of hydrogen-bond donors (Lipinski definition) is 0. The molecule has 5 heteroatoms. The number of nitriles is 1. The maximum absolute atomic E-state index is 11.3. The van der Waals surface area contributed by atoms with Crippen LogP contribution >= 0.6 is 15.9 Å². The van der Waals surface area contributed by atoms with Gasteiger partial charge in [-0.3, -0.25) is 9.59 Å². The molecule has 17 heavy (non-hydrogen) atoms. The third-order valence-corrected chi connectivity index (χ3v) is 2.77. The highest BCUT2D eigenvalue weighted by molar-refractivity contribution is 9.10. The highest BCUT2D eigenvalue weighted by atomic mass is 79.9. The van der Waals surface area contributed by atoms with Crippen molar-refractivity contribution in [2.45, 2.75) is 13.3 Å². The quantitative estimate of drug-likeness (QED) is 0.631. The Bertz CT molecular complexity index is 491. The van der Waals surface area contributed by atoms with Crippen molar-refractivity contribution < 1.29 is 14.3 Å². The van der Waals surface area contributed by atoms with Crippen molar-refractivity contribution in [1.82, 2.24) is 0 Å². The van der Waals surface area contributed by atoms with E-state index in [-0.39, 0.29) is 6.42 Å². The van der Waals surface area contributed by atoms with Gasteiger partial charge in [-0.15, -0.1) is 0 Å². The summed E-state index contributed by atoms with van der Waals surface area (Å²) in [6.07, 6.45) is 0.647. The first-order valence-electron chi connectivity index (χ1n) is 4.95. The van der Waals surface area contributed by atoms with Crippen molar-refractivity contribution in [1.29, 1.82) is 5.26 Å². The fraction of sp³-hybridized carbons (Fsp3) is 0.250. The van der Waals surface area contributed by atoms with E-state index in [1.165, 1.54) is 6.07 Å². The molecule has 0 unspecified atom stereocenters. The van der Waals surface area contributed by atoms with Crippen molar-refractivity contribution in [3.8, 4) is 6.07 Å². The minimum absolute atomic E-state index is 0.0201. The molecule has 0 spiro atoms. The summed E-state index contributed by atoms with van der Waals surface area (Å²) in [4.78, 5) is 22.2. The predicted molar refractivity (Wildman–Crippen MR) is 64.6 cm³/mol. The molecule has 4 nitrogen and oxygen atoms in total. The van der Waals surface area contributed by atoms with Crippen molar-refractivity contribution >= 4 is 28.2 Å². The number of nitrogens with zero attached hydrogens (tertiary/aromatic N) is 1. The van der Waals surface area contributed by atoms with Gasteiger partial charge in [0.05, 0.1) is 18.6 Å². The lowest BCUT2D eigenvalue weighted by Gasteiger charge is -2.06. The Hall–Kier alpha value is -1.67. The van der Waals surface area contributed by atoms with Gasteiger partial charge in [-0.05, 0) is 40.5 Å². The van der Waals surface area contributed by atoms with Crippen molar-refractivity contribution in [2.24, 2.45) is 0 Å². The number of rotatable bonds is 4. The predicted octanol–water partition coefficient (Wildman–Crippen LogP) is 2.24. The normalized spacial score (nSPS) is 9.47. The summed E-state index contributed by atoms with van der Waals surface area (Å²) in [5.74, 6) is -0.396. The lowest BCUT2D eigenvalue weighted by molar-refractivity contribution is -0.142. The molecule has 1 rings (SSSR count). The molecule has 1 aromatic carbocycles. The van der Waals surface area contributed by atoms with Gasteiger partial charge in [0.2, 0.25) is 0 Å². The monoisotopic (exact) mass is 295 g/mol. The van der Waals surface area contributed by atoms with Crippen molar-refractivity contribution in [3.63, 3.8) is 0 Å². The van der Waals surface area contributed by atoms with E-state index >= 15 is 0 Å². The summed E-state index contributed by atoms with van der Waals surface area (Å²) >= 11 is 3.21. The van der Waals surface area contributed by atoms with Gasteiger partial charge in [0.25, 0.3) is 0 Å². The van der Waals surface area contributed by atoms with Crippen LogP contribution in [0.5, 0.6) is 0 Å². The number of carbonyl (C=O) groups excluding carboxylic acids is 2. The number of halogens is 1. The van der Waals surface area contributed by atoms with E-state index in [0.29, 0.717) is 34.1 Å². The molecule has 0 heterocycles. The second-order valence-corrected chi connectivity index (χ2v) is 4.10. The topological polar surface area (TPSA) is 67.2 Å². The van der Waals surface area contributed by atoms with Gasteiger partial charge in [-0.2, -0.15) is 5.26 Å². The molecule has 0 amide bonds. The zero-order chi connectivity index (χ0) is 12.8. The number of aldehydes is 1. The summed E-state index contributed by atoms with van der Waals surface area (Å²) in [6, 6.07) is 5.00. The third kappa shape index (κ3) is 3.40. The summed E-state index contributed by atoms with van der Waals surface area (Å²) in [5, 5.41) is 8.81. The Morgan fingerprint density at radius 2 is 2.29 bits per heavy atom. The fourth-order valence-corrected chi connectivity index (χ4v) is 1.83. The van der Waals surface area contributed by atoms with Crippen LogP contribution in [0.15, 0.2) is 16.6 Å². The van der Waals surface area contributed by atoms with Gasteiger partial charge in [0.15, 0.2) is 0 Å². The second kappa shape index (κ2) is 6.16. The molecule has 88 valence electrons. The van der Waals surface area contributed by atoms with Crippen LogP contribution in [-0.2, 0) is 16.0 Å². The molecule has 0 aromatic heterocycles. The summed E-state index contributed by atoms with van der Waals surface area (Å²) in [7, 11) is 0. The second-order valence-electron chi connectivity index (χ2n) is 3.24. The van der Waals surface area contributed by atoms with Crippen LogP contribution in [0.3, 0.4) is 0 Å². The van der Waals surface area contributed by atoms with Crippen molar-refractivity contribution in [3.05, 3.63) is 33.3 Å². The molecule has 0 saturated carbocycles. The average Bonchev–Trinajstić information content (AvgIpc) is 2.29. The lowest BCUT2D eigenvalue weighted by Crippen LogP contribution is -2.09. The van der Waals surface area contributed by atoms with Crippen molar-refractivity contribution in [2.75, 3.05) is 6.61 Å². The van der Waals surface area contributed by atoms with Crippen LogP contribution < -0.4 is 0 Å². The molecular formula is C12H10BrNO3. The van der Waals surface area contributed by atoms with Crippen LogP contribution in [0.25, 0.3) is 0 Å². The van der Waals surface area contributed by atoms with Gasteiger partial charge < -0.3 is 4.74 Å². The third-order valence-electron chi connectivity index (χ3n) is 2.12. The number of ether oxygens (including phenoxy) is 1. The van der Waals surface area contributed by atoms with E-state index in [1.54, 1.807) is 13.0 Å². The zero-order valence-corrected chi connectivity index (χ0v) is 10.8. The van der Waals surface area contributed by atoms with E-state index < -0.39 is 5.97 Å². The molecule has 0 aliphatic carbocycles. The maximum Gasteiger partial charge on any atom is 0.310 e. The summed E-state index contributed by atoms with van der Waals surface area (Å²) in [5.41, 5.74) is 1.24. The minimum atomic E-state index is -0.396. The fourth-order valence-electron chi connectivity index (χ4n) is 1.35. The molecule has 0 bridgehead atoms. The minimum Gasteiger partial charge on any atom is -0.466 e. The largest absolute Gasteiger partial charge is 0.466 e. The molecule has 0 aliphatic rings. The average molecular weight is 296 g/mol. The highest BCUT2D eigenvalue weighted by Gasteiger charge is 2.12. The Kier molecular flexibility index (Phi) is 4.85. The SMILES string of the molecule is CCOC(=O)Cc1cc(Br)c(C#N)cc1C=O. The van der Waals surface area contributed by atoms with E-state index in [0.717, 1.165) is 0 Å².